The molecule has 0 saturated heterocycles. The number of amides is 2. The highest BCUT2D eigenvalue weighted by atomic mass is 16.5. The Morgan fingerprint density at radius 3 is 2.29 bits per heavy atom. The monoisotopic (exact) mass is 576 g/mol. The smallest absolute Gasteiger partial charge is 0.247 e. The largest absolute Gasteiger partial charge is 0.486 e. The first-order valence-corrected chi connectivity index (χ1v) is 15.8. The zero-order chi connectivity index (χ0) is 29.9. The highest BCUT2D eigenvalue weighted by molar-refractivity contribution is 5.96. The minimum atomic E-state index is -1.02. The Hall–Kier alpha value is -3.16. The normalized spacial score (nSPS) is 20.7. The van der Waals surface area contributed by atoms with Gasteiger partial charge in [0.2, 0.25) is 11.8 Å². The van der Waals surface area contributed by atoms with Gasteiger partial charge in [-0.05, 0) is 31.1 Å². The molecule has 4 atom stereocenters. The van der Waals surface area contributed by atoms with Crippen molar-refractivity contribution < 1.29 is 24.5 Å². The molecule has 7 heteroatoms. The minimum absolute atomic E-state index is 0.0390. The number of para-hydroxylation sites is 1. The molecule has 2 aromatic rings. The average Bonchev–Trinajstić information content (AvgIpc) is 3.39. The fourth-order valence-corrected chi connectivity index (χ4v) is 6.17. The highest BCUT2D eigenvalue weighted by Crippen LogP contribution is 2.47. The lowest BCUT2D eigenvalue weighted by Gasteiger charge is -2.41. The number of carbonyl (C=O) groups is 2. The molecule has 4 unspecified atom stereocenters. The molecular weight excluding hydrogens is 528 g/mol. The summed E-state index contributed by atoms with van der Waals surface area (Å²) in [7, 11) is 0. The molecule has 228 valence electrons. The maximum absolute atomic E-state index is 13.8. The van der Waals surface area contributed by atoms with Crippen LogP contribution in [0, 0.1) is 6.92 Å². The molecule has 2 aliphatic rings. The molecule has 0 saturated carbocycles. The molecule has 42 heavy (non-hydrogen) atoms. The van der Waals surface area contributed by atoms with E-state index in [4.69, 9.17) is 4.74 Å². The fourth-order valence-electron chi connectivity index (χ4n) is 6.17. The Balaban J connectivity index is 1.54. The lowest BCUT2D eigenvalue weighted by atomic mass is 9.77. The number of unbranched alkanes of at least 4 members (excludes halogenated alkanes) is 8. The van der Waals surface area contributed by atoms with Crippen molar-refractivity contribution in [3.05, 3.63) is 76.9 Å². The standard InChI is InChI=1S/C35H48N2O5/c1-3-4-5-6-7-8-9-10-11-16-31(39)37(24-26-19-17-25(2)18-20-26)29-23-28(35(41)36-21-22-38)32-27-14-12-13-15-30(27)42-34(32)33(29)40/h12-15,17-20,23,29,32-34,38,40H,3-11,16,21-22,24H2,1-2H3,(H,36,41). The first-order valence-electron chi connectivity index (χ1n) is 15.8. The second-order valence-electron chi connectivity index (χ2n) is 11.8. The number of rotatable bonds is 16. The number of fused-ring (bicyclic) bond motifs is 3. The number of hydrogen-bond acceptors (Lipinski definition) is 5. The Bertz CT molecular complexity index is 1190. The van der Waals surface area contributed by atoms with E-state index in [0.29, 0.717) is 24.3 Å². The zero-order valence-electron chi connectivity index (χ0n) is 25.3. The van der Waals surface area contributed by atoms with E-state index in [2.05, 4.69) is 12.2 Å². The van der Waals surface area contributed by atoms with Crippen LogP contribution >= 0.6 is 0 Å². The molecule has 4 rings (SSSR count). The lowest BCUT2D eigenvalue weighted by molar-refractivity contribution is -0.138. The first kappa shape index (κ1) is 31.8. The zero-order valence-corrected chi connectivity index (χ0v) is 25.3. The molecule has 2 amide bonds. The van der Waals surface area contributed by atoms with Gasteiger partial charge < -0.3 is 25.2 Å². The minimum Gasteiger partial charge on any atom is -0.486 e. The third-order valence-electron chi connectivity index (χ3n) is 8.53. The summed E-state index contributed by atoms with van der Waals surface area (Å²) in [6.45, 7) is 4.52. The Labute approximate surface area is 251 Å². The van der Waals surface area contributed by atoms with Crippen molar-refractivity contribution in [2.45, 2.75) is 109 Å². The average molecular weight is 577 g/mol. The molecule has 1 aliphatic carbocycles. The van der Waals surface area contributed by atoms with Crippen molar-refractivity contribution in [1.82, 2.24) is 10.2 Å². The number of carbonyl (C=O) groups excluding carboxylic acids is 2. The number of nitrogens with one attached hydrogen (secondary N) is 1. The summed E-state index contributed by atoms with van der Waals surface area (Å²) >= 11 is 0. The van der Waals surface area contributed by atoms with Crippen LogP contribution in [0.15, 0.2) is 60.2 Å². The van der Waals surface area contributed by atoms with Gasteiger partial charge >= 0.3 is 0 Å². The molecular formula is C35H48N2O5. The van der Waals surface area contributed by atoms with Crippen LogP contribution in [0.5, 0.6) is 5.75 Å². The SMILES string of the molecule is CCCCCCCCCCCC(=O)N(Cc1ccc(C)cc1)C1C=C(C(=O)NCCO)C2c3ccccc3OC2C1O. The molecule has 0 aromatic heterocycles. The highest BCUT2D eigenvalue weighted by Gasteiger charge is 2.50. The Morgan fingerprint density at radius 2 is 1.60 bits per heavy atom. The number of benzene rings is 2. The van der Waals surface area contributed by atoms with Gasteiger partial charge in [0.1, 0.15) is 18.0 Å². The van der Waals surface area contributed by atoms with Gasteiger partial charge in [0, 0.05) is 30.6 Å². The van der Waals surface area contributed by atoms with E-state index in [1.165, 1.54) is 38.5 Å². The Morgan fingerprint density at radius 1 is 0.929 bits per heavy atom. The van der Waals surface area contributed by atoms with E-state index in [1.54, 1.807) is 11.0 Å². The molecule has 3 N–H and O–H groups in total. The molecule has 0 radical (unpaired) electrons. The predicted octanol–water partition coefficient (Wildman–Crippen LogP) is 5.57. The van der Waals surface area contributed by atoms with Crippen LogP contribution in [0.2, 0.25) is 0 Å². The van der Waals surface area contributed by atoms with Crippen LogP contribution in [-0.2, 0) is 16.1 Å². The third-order valence-corrected chi connectivity index (χ3v) is 8.53. The predicted molar refractivity (Wildman–Crippen MR) is 165 cm³/mol. The van der Waals surface area contributed by atoms with Crippen LogP contribution in [-0.4, -0.2) is 58.3 Å². The number of hydrogen-bond donors (Lipinski definition) is 3. The van der Waals surface area contributed by atoms with Crippen molar-refractivity contribution >= 4 is 11.8 Å². The van der Waals surface area contributed by atoms with Gasteiger partial charge in [0.15, 0.2) is 0 Å². The summed E-state index contributed by atoms with van der Waals surface area (Å²) in [5.41, 5.74) is 3.40. The van der Waals surface area contributed by atoms with E-state index in [0.717, 1.165) is 36.0 Å². The van der Waals surface area contributed by atoms with E-state index in [9.17, 15) is 19.8 Å². The van der Waals surface area contributed by atoms with Gasteiger partial charge in [-0.2, -0.15) is 0 Å². The van der Waals surface area contributed by atoms with Gasteiger partial charge in [0.25, 0.3) is 0 Å². The van der Waals surface area contributed by atoms with Crippen molar-refractivity contribution in [3.8, 4) is 5.75 Å². The van der Waals surface area contributed by atoms with Gasteiger partial charge in [-0.1, -0.05) is 106 Å². The fraction of sp³-hybridized carbons (Fsp3) is 0.543. The number of ether oxygens (including phenoxy) is 1. The van der Waals surface area contributed by atoms with Crippen LogP contribution < -0.4 is 10.1 Å². The van der Waals surface area contributed by atoms with E-state index < -0.39 is 24.2 Å². The molecule has 1 heterocycles. The number of nitrogens with zero attached hydrogens (tertiary/aromatic N) is 1. The van der Waals surface area contributed by atoms with Gasteiger partial charge in [0.05, 0.1) is 18.6 Å². The maximum atomic E-state index is 13.8. The second-order valence-corrected chi connectivity index (χ2v) is 11.8. The summed E-state index contributed by atoms with van der Waals surface area (Å²) in [6, 6.07) is 14.8. The van der Waals surface area contributed by atoms with Crippen LogP contribution in [0.3, 0.4) is 0 Å². The van der Waals surface area contributed by atoms with Gasteiger partial charge in [-0.25, -0.2) is 0 Å². The molecule has 7 nitrogen and oxygen atoms in total. The topological polar surface area (TPSA) is 99.1 Å². The van der Waals surface area contributed by atoms with E-state index in [-0.39, 0.29) is 25.0 Å². The summed E-state index contributed by atoms with van der Waals surface area (Å²) in [4.78, 5) is 28.9. The summed E-state index contributed by atoms with van der Waals surface area (Å²) in [6.07, 6.45) is 10.9. The lowest BCUT2D eigenvalue weighted by Crippen LogP contribution is -2.55. The molecule has 1 aliphatic heterocycles. The molecule has 0 bridgehead atoms. The number of aliphatic hydroxyl groups excluding tert-OH is 2. The second kappa shape index (κ2) is 15.9. The molecule has 0 fully saturated rings. The van der Waals surface area contributed by atoms with Crippen LogP contribution in [0.25, 0.3) is 0 Å². The van der Waals surface area contributed by atoms with E-state index in [1.807, 2.05) is 55.5 Å². The van der Waals surface area contributed by atoms with E-state index >= 15 is 0 Å². The van der Waals surface area contributed by atoms with Crippen molar-refractivity contribution in [3.63, 3.8) is 0 Å². The maximum Gasteiger partial charge on any atom is 0.247 e. The van der Waals surface area contributed by atoms with Gasteiger partial charge in [-0.3, -0.25) is 9.59 Å². The summed E-state index contributed by atoms with van der Waals surface area (Å²) in [5, 5.41) is 23.8. The molecule has 0 spiro atoms. The molecule has 2 aromatic carbocycles. The quantitative estimate of drug-likeness (QED) is 0.227. The number of aryl methyl sites for hydroxylation is 1. The van der Waals surface area contributed by atoms with Crippen LogP contribution in [0.4, 0.5) is 0 Å². The summed E-state index contributed by atoms with van der Waals surface area (Å²) in [5.74, 6) is -0.181. The van der Waals surface area contributed by atoms with Crippen LogP contribution in [0.1, 0.15) is 93.7 Å². The van der Waals surface area contributed by atoms with Crippen molar-refractivity contribution in [2.75, 3.05) is 13.2 Å². The third kappa shape index (κ3) is 8.01. The Kier molecular flexibility index (Phi) is 12.0. The summed E-state index contributed by atoms with van der Waals surface area (Å²) < 4.78 is 6.24. The number of aliphatic hydroxyl groups is 2. The van der Waals surface area contributed by atoms with Gasteiger partial charge in [-0.15, -0.1) is 0 Å². The van der Waals surface area contributed by atoms with Crippen molar-refractivity contribution in [1.29, 1.82) is 0 Å². The van der Waals surface area contributed by atoms with Crippen molar-refractivity contribution in [2.24, 2.45) is 0 Å². The first-order chi connectivity index (χ1) is 20.4.